The number of nitrogens with two attached hydrogens (primary N) is 1. The lowest BCUT2D eigenvalue weighted by Crippen LogP contribution is -1.95. The van der Waals surface area contributed by atoms with Crippen molar-refractivity contribution in [2.24, 2.45) is 12.8 Å². The summed E-state index contributed by atoms with van der Waals surface area (Å²) in [5.74, 6) is 0. The van der Waals surface area contributed by atoms with E-state index in [1.165, 1.54) is 0 Å². The van der Waals surface area contributed by atoms with Gasteiger partial charge in [-0.05, 0) is 17.7 Å². The van der Waals surface area contributed by atoms with Gasteiger partial charge in [0.25, 0.3) is 0 Å². The maximum absolute atomic E-state index is 5.52. The SMILES string of the molecule is Cl.Cn1ncc2cc(CN)ccc21. The standard InChI is InChI=1S/C9H11N3.ClH/c1-12-9-3-2-7(5-10)4-8(9)6-11-12;/h2-4,6H,5,10H2,1H3;1H. The molecule has 1 heterocycles. The van der Waals surface area contributed by atoms with Gasteiger partial charge in [-0.3, -0.25) is 4.68 Å². The number of halogens is 1. The first-order chi connectivity index (χ1) is 5.81. The Bertz CT molecular complexity index is 408. The first kappa shape index (κ1) is 10.0. The summed E-state index contributed by atoms with van der Waals surface area (Å²) in [7, 11) is 1.93. The van der Waals surface area contributed by atoms with Gasteiger partial charge in [-0.1, -0.05) is 6.07 Å². The molecule has 4 heteroatoms. The molecule has 0 fully saturated rings. The predicted molar refractivity (Wildman–Crippen MR) is 55.9 cm³/mol. The zero-order valence-electron chi connectivity index (χ0n) is 7.40. The molecule has 0 amide bonds. The molecule has 0 saturated carbocycles. The van der Waals surface area contributed by atoms with Crippen LogP contribution in [0.4, 0.5) is 0 Å². The maximum Gasteiger partial charge on any atom is 0.0679 e. The second-order valence-electron chi connectivity index (χ2n) is 2.87. The molecule has 0 unspecified atom stereocenters. The second-order valence-corrected chi connectivity index (χ2v) is 2.87. The van der Waals surface area contributed by atoms with Crippen LogP contribution < -0.4 is 5.73 Å². The highest BCUT2D eigenvalue weighted by Crippen LogP contribution is 2.14. The van der Waals surface area contributed by atoms with E-state index in [1.54, 1.807) is 0 Å². The molecule has 3 nitrogen and oxygen atoms in total. The molecule has 0 saturated heterocycles. The van der Waals surface area contributed by atoms with Crippen molar-refractivity contribution < 1.29 is 0 Å². The van der Waals surface area contributed by atoms with Crippen LogP contribution in [0, 0.1) is 0 Å². The van der Waals surface area contributed by atoms with Gasteiger partial charge in [0.1, 0.15) is 0 Å². The van der Waals surface area contributed by atoms with E-state index in [2.05, 4.69) is 11.2 Å². The van der Waals surface area contributed by atoms with Gasteiger partial charge in [0.05, 0.1) is 11.7 Å². The molecule has 2 aromatic rings. The van der Waals surface area contributed by atoms with Crippen molar-refractivity contribution in [3.05, 3.63) is 30.0 Å². The molecule has 1 aromatic carbocycles. The Morgan fingerprint density at radius 3 is 2.92 bits per heavy atom. The summed E-state index contributed by atoms with van der Waals surface area (Å²) in [6, 6.07) is 6.15. The average molecular weight is 198 g/mol. The zero-order valence-corrected chi connectivity index (χ0v) is 8.21. The zero-order chi connectivity index (χ0) is 8.55. The Morgan fingerprint density at radius 1 is 1.46 bits per heavy atom. The van der Waals surface area contributed by atoms with E-state index in [4.69, 9.17) is 5.73 Å². The molecule has 13 heavy (non-hydrogen) atoms. The summed E-state index contributed by atoms with van der Waals surface area (Å²) in [5, 5.41) is 5.30. The fourth-order valence-electron chi connectivity index (χ4n) is 1.34. The third-order valence-corrected chi connectivity index (χ3v) is 2.05. The van der Waals surface area contributed by atoms with Crippen LogP contribution in [0.25, 0.3) is 10.9 Å². The Morgan fingerprint density at radius 2 is 2.23 bits per heavy atom. The summed E-state index contributed by atoms with van der Waals surface area (Å²) < 4.78 is 1.86. The van der Waals surface area contributed by atoms with E-state index in [-0.39, 0.29) is 12.4 Å². The fourth-order valence-corrected chi connectivity index (χ4v) is 1.34. The highest BCUT2D eigenvalue weighted by molar-refractivity contribution is 5.85. The first-order valence-electron chi connectivity index (χ1n) is 3.92. The highest BCUT2D eigenvalue weighted by atomic mass is 35.5. The summed E-state index contributed by atoms with van der Waals surface area (Å²) in [4.78, 5) is 0. The van der Waals surface area contributed by atoms with Crippen molar-refractivity contribution in [2.45, 2.75) is 6.54 Å². The van der Waals surface area contributed by atoms with Gasteiger partial charge in [-0.25, -0.2) is 0 Å². The van der Waals surface area contributed by atoms with Crippen LogP contribution in [-0.4, -0.2) is 9.78 Å². The van der Waals surface area contributed by atoms with E-state index < -0.39 is 0 Å². The first-order valence-corrected chi connectivity index (χ1v) is 3.92. The summed E-state index contributed by atoms with van der Waals surface area (Å²) >= 11 is 0. The number of hydrogen-bond donors (Lipinski definition) is 1. The minimum absolute atomic E-state index is 0. The fraction of sp³-hybridized carbons (Fsp3) is 0.222. The molecular formula is C9H12ClN3. The van der Waals surface area contributed by atoms with Crippen molar-refractivity contribution >= 4 is 23.3 Å². The molecular weight excluding hydrogens is 186 g/mol. The van der Waals surface area contributed by atoms with Crippen LogP contribution in [0.15, 0.2) is 24.4 Å². The Hall–Kier alpha value is -1.06. The van der Waals surface area contributed by atoms with Crippen molar-refractivity contribution in [3.63, 3.8) is 0 Å². The predicted octanol–water partition coefficient (Wildman–Crippen LogP) is 1.45. The third-order valence-electron chi connectivity index (χ3n) is 2.05. The summed E-state index contributed by atoms with van der Waals surface area (Å²) in [6.07, 6.45) is 1.86. The molecule has 0 radical (unpaired) electrons. The Labute approximate surface area is 82.9 Å². The molecule has 0 atom stereocenters. The van der Waals surface area contributed by atoms with Crippen LogP contribution in [0.2, 0.25) is 0 Å². The van der Waals surface area contributed by atoms with Crippen molar-refractivity contribution in [2.75, 3.05) is 0 Å². The minimum Gasteiger partial charge on any atom is -0.326 e. The van der Waals surface area contributed by atoms with Gasteiger partial charge in [-0.15, -0.1) is 12.4 Å². The average Bonchev–Trinajstić information content (AvgIpc) is 2.47. The van der Waals surface area contributed by atoms with Crippen molar-refractivity contribution in [1.82, 2.24) is 9.78 Å². The second kappa shape index (κ2) is 3.77. The number of rotatable bonds is 1. The Kier molecular flexibility index (Phi) is 2.90. The van der Waals surface area contributed by atoms with Gasteiger partial charge in [0, 0.05) is 19.0 Å². The van der Waals surface area contributed by atoms with Crippen LogP contribution in [0.3, 0.4) is 0 Å². The normalized spacial score (nSPS) is 10.0. The van der Waals surface area contributed by atoms with Crippen molar-refractivity contribution in [3.8, 4) is 0 Å². The molecule has 1 aromatic heterocycles. The molecule has 70 valence electrons. The summed E-state index contributed by atoms with van der Waals surface area (Å²) in [5.41, 5.74) is 7.81. The van der Waals surface area contributed by atoms with Gasteiger partial charge in [-0.2, -0.15) is 5.10 Å². The Balaban J connectivity index is 0.000000845. The monoisotopic (exact) mass is 197 g/mol. The van der Waals surface area contributed by atoms with E-state index in [1.807, 2.05) is 30.1 Å². The maximum atomic E-state index is 5.52. The quantitative estimate of drug-likeness (QED) is 0.752. The van der Waals surface area contributed by atoms with E-state index >= 15 is 0 Å². The molecule has 0 aliphatic heterocycles. The lowest BCUT2D eigenvalue weighted by Gasteiger charge is -1.96. The minimum atomic E-state index is 0. The highest BCUT2D eigenvalue weighted by Gasteiger charge is 1.98. The largest absolute Gasteiger partial charge is 0.326 e. The number of hydrogen-bond acceptors (Lipinski definition) is 2. The van der Waals surface area contributed by atoms with Gasteiger partial charge >= 0.3 is 0 Å². The van der Waals surface area contributed by atoms with Crippen LogP contribution >= 0.6 is 12.4 Å². The number of aromatic nitrogens is 2. The summed E-state index contributed by atoms with van der Waals surface area (Å²) in [6.45, 7) is 0.588. The van der Waals surface area contributed by atoms with Crippen LogP contribution in [0.5, 0.6) is 0 Å². The number of aryl methyl sites for hydroxylation is 1. The van der Waals surface area contributed by atoms with Gasteiger partial charge in [0.15, 0.2) is 0 Å². The van der Waals surface area contributed by atoms with E-state index in [0.717, 1.165) is 16.5 Å². The molecule has 0 bridgehead atoms. The van der Waals surface area contributed by atoms with Gasteiger partial charge in [0.2, 0.25) is 0 Å². The third kappa shape index (κ3) is 1.66. The smallest absolute Gasteiger partial charge is 0.0679 e. The molecule has 0 aliphatic carbocycles. The van der Waals surface area contributed by atoms with Crippen LogP contribution in [0.1, 0.15) is 5.56 Å². The van der Waals surface area contributed by atoms with Crippen molar-refractivity contribution in [1.29, 1.82) is 0 Å². The lowest BCUT2D eigenvalue weighted by molar-refractivity contribution is 0.797. The number of fused-ring (bicyclic) bond motifs is 1. The van der Waals surface area contributed by atoms with E-state index in [9.17, 15) is 0 Å². The van der Waals surface area contributed by atoms with Gasteiger partial charge < -0.3 is 5.73 Å². The lowest BCUT2D eigenvalue weighted by atomic mass is 10.2. The number of benzene rings is 1. The molecule has 0 aliphatic rings. The molecule has 2 rings (SSSR count). The van der Waals surface area contributed by atoms with Crippen LogP contribution in [-0.2, 0) is 13.6 Å². The molecule has 2 N–H and O–H groups in total. The number of nitrogens with zero attached hydrogens (tertiary/aromatic N) is 2. The van der Waals surface area contributed by atoms with E-state index in [0.29, 0.717) is 6.54 Å². The molecule has 0 spiro atoms. The topological polar surface area (TPSA) is 43.8 Å².